The van der Waals surface area contributed by atoms with E-state index < -0.39 is 17.8 Å². The number of rotatable bonds is 6. The lowest BCUT2D eigenvalue weighted by Crippen LogP contribution is -2.55. The summed E-state index contributed by atoms with van der Waals surface area (Å²) in [5.74, 6) is 0.793. The third-order valence-electron chi connectivity index (χ3n) is 4.12. The Kier molecular flexibility index (Phi) is 5.58. The Bertz CT molecular complexity index is 486. The Morgan fingerprint density at radius 1 is 1.41 bits per heavy atom. The van der Waals surface area contributed by atoms with Crippen molar-refractivity contribution >= 4 is 0 Å². The molecule has 1 aliphatic heterocycles. The van der Waals surface area contributed by atoms with Crippen LogP contribution in [0, 0.1) is 0 Å². The number of hydrogen-bond acceptors (Lipinski definition) is 5. The fourth-order valence-electron chi connectivity index (χ4n) is 2.58. The van der Waals surface area contributed by atoms with E-state index in [9.17, 15) is 10.2 Å². The molecule has 4 atom stereocenters. The third kappa shape index (κ3) is 3.67. The largest absolute Gasteiger partial charge is 0.497 e. The van der Waals surface area contributed by atoms with Crippen molar-refractivity contribution in [1.82, 2.24) is 0 Å². The Labute approximate surface area is 131 Å². The molecule has 22 heavy (non-hydrogen) atoms. The Hall–Kier alpha value is -1.40. The lowest BCUT2D eigenvalue weighted by atomic mass is 9.88. The Morgan fingerprint density at radius 3 is 2.64 bits per heavy atom. The summed E-state index contributed by atoms with van der Waals surface area (Å²) in [5.41, 5.74) is 0.269. The summed E-state index contributed by atoms with van der Waals surface area (Å²) in [4.78, 5) is 0. The summed E-state index contributed by atoms with van der Waals surface area (Å²) < 4.78 is 16.8. The number of benzene rings is 1. The second-order valence-electron chi connectivity index (χ2n) is 5.68. The van der Waals surface area contributed by atoms with Gasteiger partial charge in [-0.1, -0.05) is 18.2 Å². The molecule has 0 spiro atoms. The van der Waals surface area contributed by atoms with Crippen molar-refractivity contribution in [2.24, 2.45) is 0 Å². The lowest BCUT2D eigenvalue weighted by Gasteiger charge is -2.44. The number of aliphatic hydroxyl groups is 2. The first-order valence-electron chi connectivity index (χ1n) is 7.37. The standard InChI is InChI=1S/C17H24O5/c1-4-17(2)16(9-14(19)15(10-18)22-17)21-11-12-5-7-13(20-3)8-6-12/h4-8,14-16,18-19H,1,9-11H2,2-3H3/t14-,15+,16+,17-/m0/s1. The summed E-state index contributed by atoms with van der Waals surface area (Å²) in [6, 6.07) is 7.61. The molecular weight excluding hydrogens is 284 g/mol. The van der Waals surface area contributed by atoms with Crippen LogP contribution in [0.2, 0.25) is 0 Å². The molecule has 5 heteroatoms. The molecule has 0 bridgehead atoms. The minimum absolute atomic E-state index is 0.226. The first-order chi connectivity index (χ1) is 10.5. The van der Waals surface area contributed by atoms with Gasteiger partial charge in [-0.05, 0) is 24.6 Å². The maximum atomic E-state index is 10.0. The van der Waals surface area contributed by atoms with E-state index in [0.29, 0.717) is 13.0 Å². The van der Waals surface area contributed by atoms with Crippen LogP contribution in [-0.4, -0.2) is 47.8 Å². The minimum atomic E-state index is -0.751. The molecule has 2 rings (SSSR count). The number of hydrogen-bond donors (Lipinski definition) is 2. The lowest BCUT2D eigenvalue weighted by molar-refractivity contribution is -0.222. The van der Waals surface area contributed by atoms with Crippen LogP contribution < -0.4 is 4.74 Å². The van der Waals surface area contributed by atoms with E-state index in [0.717, 1.165) is 11.3 Å². The van der Waals surface area contributed by atoms with Crippen molar-refractivity contribution in [2.45, 2.75) is 43.9 Å². The predicted octanol–water partition coefficient (Wildman–Crippen LogP) is 1.67. The topological polar surface area (TPSA) is 68.2 Å². The van der Waals surface area contributed by atoms with Gasteiger partial charge in [-0.25, -0.2) is 0 Å². The van der Waals surface area contributed by atoms with Gasteiger partial charge in [0.15, 0.2) is 0 Å². The molecule has 1 aromatic rings. The first kappa shape index (κ1) is 17.0. The van der Waals surface area contributed by atoms with E-state index in [1.165, 1.54) is 0 Å². The van der Waals surface area contributed by atoms with Gasteiger partial charge >= 0.3 is 0 Å². The highest BCUT2D eigenvalue weighted by Crippen LogP contribution is 2.33. The normalized spacial score (nSPS) is 31.7. The van der Waals surface area contributed by atoms with E-state index in [2.05, 4.69) is 6.58 Å². The fourth-order valence-corrected chi connectivity index (χ4v) is 2.58. The van der Waals surface area contributed by atoms with Crippen molar-refractivity contribution in [2.75, 3.05) is 13.7 Å². The van der Waals surface area contributed by atoms with Crippen LogP contribution in [0.1, 0.15) is 18.9 Å². The van der Waals surface area contributed by atoms with Gasteiger partial charge in [0.2, 0.25) is 0 Å². The molecule has 1 aromatic carbocycles. The van der Waals surface area contributed by atoms with Crippen LogP contribution in [0.25, 0.3) is 0 Å². The van der Waals surface area contributed by atoms with Crippen LogP contribution in [0.4, 0.5) is 0 Å². The van der Waals surface area contributed by atoms with Crippen molar-refractivity contribution in [3.63, 3.8) is 0 Å². The van der Waals surface area contributed by atoms with Crippen molar-refractivity contribution in [3.8, 4) is 5.75 Å². The average molecular weight is 308 g/mol. The smallest absolute Gasteiger partial charge is 0.118 e. The zero-order valence-corrected chi connectivity index (χ0v) is 13.1. The summed E-state index contributed by atoms with van der Waals surface area (Å²) in [6.07, 6.45) is 0.372. The maximum absolute atomic E-state index is 10.0. The summed E-state index contributed by atoms with van der Waals surface area (Å²) >= 11 is 0. The first-order valence-corrected chi connectivity index (χ1v) is 7.37. The fraction of sp³-hybridized carbons (Fsp3) is 0.529. The second-order valence-corrected chi connectivity index (χ2v) is 5.68. The van der Waals surface area contributed by atoms with Crippen LogP contribution >= 0.6 is 0 Å². The highest BCUT2D eigenvalue weighted by atomic mass is 16.6. The molecule has 1 aliphatic rings. The SMILES string of the molecule is C=C[C@]1(C)O[C@H](CO)[C@@H](O)C[C@H]1OCc1ccc(OC)cc1. The molecule has 122 valence electrons. The summed E-state index contributed by atoms with van der Waals surface area (Å²) in [7, 11) is 1.62. The third-order valence-corrected chi connectivity index (χ3v) is 4.12. The Morgan fingerprint density at radius 2 is 2.09 bits per heavy atom. The molecule has 1 heterocycles. The van der Waals surface area contributed by atoms with Crippen LogP contribution in [0.15, 0.2) is 36.9 Å². The van der Waals surface area contributed by atoms with Gasteiger partial charge in [-0.2, -0.15) is 0 Å². The molecule has 5 nitrogen and oxygen atoms in total. The number of methoxy groups -OCH3 is 1. The molecule has 0 aliphatic carbocycles. The van der Waals surface area contributed by atoms with Crippen LogP contribution in [0.3, 0.4) is 0 Å². The van der Waals surface area contributed by atoms with Gasteiger partial charge in [-0.15, -0.1) is 6.58 Å². The molecule has 0 radical (unpaired) electrons. The summed E-state index contributed by atoms with van der Waals surface area (Å²) in [5, 5.41) is 19.3. The van der Waals surface area contributed by atoms with Gasteiger partial charge in [0.1, 0.15) is 17.5 Å². The zero-order chi connectivity index (χ0) is 16.2. The van der Waals surface area contributed by atoms with E-state index in [-0.39, 0.29) is 12.7 Å². The van der Waals surface area contributed by atoms with E-state index in [1.807, 2.05) is 31.2 Å². The van der Waals surface area contributed by atoms with Gasteiger partial charge in [0.25, 0.3) is 0 Å². The second kappa shape index (κ2) is 7.24. The molecule has 0 aromatic heterocycles. The average Bonchev–Trinajstić information content (AvgIpc) is 2.55. The van der Waals surface area contributed by atoms with E-state index in [1.54, 1.807) is 13.2 Å². The van der Waals surface area contributed by atoms with E-state index in [4.69, 9.17) is 14.2 Å². The molecule has 0 saturated carbocycles. The van der Waals surface area contributed by atoms with Crippen molar-refractivity contribution in [3.05, 3.63) is 42.5 Å². The molecule has 1 fully saturated rings. The van der Waals surface area contributed by atoms with Crippen LogP contribution in [0.5, 0.6) is 5.75 Å². The summed E-state index contributed by atoms with van der Waals surface area (Å²) in [6.45, 7) is 5.82. The molecular formula is C17H24O5. The van der Waals surface area contributed by atoms with Crippen molar-refractivity contribution < 1.29 is 24.4 Å². The highest BCUT2D eigenvalue weighted by Gasteiger charge is 2.44. The molecule has 0 amide bonds. The molecule has 2 N–H and O–H groups in total. The zero-order valence-electron chi connectivity index (χ0n) is 13.1. The van der Waals surface area contributed by atoms with Gasteiger partial charge < -0.3 is 24.4 Å². The van der Waals surface area contributed by atoms with Gasteiger partial charge in [0, 0.05) is 6.42 Å². The van der Waals surface area contributed by atoms with Gasteiger partial charge in [-0.3, -0.25) is 0 Å². The molecule has 0 unspecified atom stereocenters. The number of aliphatic hydroxyl groups excluding tert-OH is 2. The highest BCUT2D eigenvalue weighted by molar-refractivity contribution is 5.26. The van der Waals surface area contributed by atoms with Crippen LogP contribution in [-0.2, 0) is 16.1 Å². The van der Waals surface area contributed by atoms with E-state index >= 15 is 0 Å². The minimum Gasteiger partial charge on any atom is -0.497 e. The monoisotopic (exact) mass is 308 g/mol. The van der Waals surface area contributed by atoms with Gasteiger partial charge in [0.05, 0.1) is 32.5 Å². The number of ether oxygens (including phenoxy) is 3. The Balaban J connectivity index is 2.01. The quantitative estimate of drug-likeness (QED) is 0.783. The predicted molar refractivity (Wildman–Crippen MR) is 82.8 cm³/mol. The maximum Gasteiger partial charge on any atom is 0.118 e. The molecule has 1 saturated heterocycles. The van der Waals surface area contributed by atoms with Crippen molar-refractivity contribution in [1.29, 1.82) is 0 Å².